The van der Waals surface area contributed by atoms with E-state index in [1.54, 1.807) is 17.0 Å². The Hall–Kier alpha value is -1.36. The molecular formula is C13H23N3O2. The molecule has 0 aromatic carbocycles. The minimum Gasteiger partial charge on any atom is -0.474 e. The SMILES string of the molecule is CC(C)NCCCOc1nccn(C(C)C)c1=O. The summed E-state index contributed by atoms with van der Waals surface area (Å²) in [6, 6.07) is 0.587. The maximum absolute atomic E-state index is 11.9. The van der Waals surface area contributed by atoms with Gasteiger partial charge in [0.05, 0.1) is 6.61 Å². The maximum Gasteiger partial charge on any atom is 0.313 e. The van der Waals surface area contributed by atoms with Crippen LogP contribution in [0.25, 0.3) is 0 Å². The van der Waals surface area contributed by atoms with Crippen molar-refractivity contribution in [3.63, 3.8) is 0 Å². The first-order chi connectivity index (χ1) is 8.52. The van der Waals surface area contributed by atoms with Crippen molar-refractivity contribution in [3.8, 4) is 5.88 Å². The molecule has 0 amide bonds. The van der Waals surface area contributed by atoms with Gasteiger partial charge in [-0.25, -0.2) is 4.98 Å². The van der Waals surface area contributed by atoms with Crippen LogP contribution in [0.1, 0.15) is 40.2 Å². The van der Waals surface area contributed by atoms with E-state index >= 15 is 0 Å². The van der Waals surface area contributed by atoms with Crippen LogP contribution < -0.4 is 15.6 Å². The Morgan fingerprint density at radius 2 is 2.11 bits per heavy atom. The molecule has 18 heavy (non-hydrogen) atoms. The largest absolute Gasteiger partial charge is 0.474 e. The Bertz CT molecular complexity index is 413. The minimum atomic E-state index is -0.163. The van der Waals surface area contributed by atoms with Gasteiger partial charge in [-0.2, -0.15) is 0 Å². The lowest BCUT2D eigenvalue weighted by atomic mass is 10.3. The van der Waals surface area contributed by atoms with Crippen molar-refractivity contribution >= 4 is 0 Å². The first-order valence-corrected chi connectivity index (χ1v) is 6.45. The molecule has 0 unspecified atom stereocenters. The minimum absolute atomic E-state index is 0.116. The van der Waals surface area contributed by atoms with E-state index in [1.165, 1.54) is 0 Å². The van der Waals surface area contributed by atoms with Gasteiger partial charge in [-0.1, -0.05) is 13.8 Å². The zero-order valence-electron chi connectivity index (χ0n) is 11.6. The number of hydrogen-bond acceptors (Lipinski definition) is 4. The van der Waals surface area contributed by atoms with E-state index in [4.69, 9.17) is 4.74 Å². The molecule has 5 heteroatoms. The molecule has 1 aromatic rings. The molecule has 0 atom stereocenters. The lowest BCUT2D eigenvalue weighted by Crippen LogP contribution is -2.26. The van der Waals surface area contributed by atoms with Gasteiger partial charge in [0.25, 0.3) is 5.88 Å². The van der Waals surface area contributed by atoms with Crippen LogP contribution in [-0.2, 0) is 0 Å². The molecule has 0 radical (unpaired) electrons. The zero-order chi connectivity index (χ0) is 13.5. The van der Waals surface area contributed by atoms with E-state index < -0.39 is 0 Å². The molecule has 0 saturated heterocycles. The highest BCUT2D eigenvalue weighted by Crippen LogP contribution is 2.03. The van der Waals surface area contributed by atoms with Gasteiger partial charge in [-0.05, 0) is 26.8 Å². The Kier molecular flexibility index (Phi) is 5.85. The third-order valence-electron chi connectivity index (χ3n) is 2.51. The monoisotopic (exact) mass is 253 g/mol. The summed E-state index contributed by atoms with van der Waals surface area (Å²) < 4.78 is 7.04. The van der Waals surface area contributed by atoms with Crippen LogP contribution in [0.3, 0.4) is 0 Å². The second kappa shape index (κ2) is 7.16. The van der Waals surface area contributed by atoms with E-state index in [1.807, 2.05) is 13.8 Å². The van der Waals surface area contributed by atoms with Crippen molar-refractivity contribution in [1.82, 2.24) is 14.9 Å². The van der Waals surface area contributed by atoms with E-state index in [0.717, 1.165) is 13.0 Å². The molecule has 0 aliphatic carbocycles. The quantitative estimate of drug-likeness (QED) is 0.750. The molecule has 1 heterocycles. The molecule has 0 aliphatic heterocycles. The lowest BCUT2D eigenvalue weighted by Gasteiger charge is -2.11. The smallest absolute Gasteiger partial charge is 0.313 e. The standard InChI is InChI=1S/C13H23N3O2/c1-10(2)14-6-5-9-18-12-13(17)16(11(3)4)8-7-15-12/h7-8,10-11,14H,5-6,9H2,1-4H3. The number of nitrogens with zero attached hydrogens (tertiary/aromatic N) is 2. The van der Waals surface area contributed by atoms with Crippen LogP contribution in [0.15, 0.2) is 17.2 Å². The third kappa shape index (κ3) is 4.49. The number of aromatic nitrogens is 2. The summed E-state index contributed by atoms with van der Waals surface area (Å²) in [5, 5.41) is 3.29. The summed E-state index contributed by atoms with van der Waals surface area (Å²) in [4.78, 5) is 15.9. The molecule has 0 fully saturated rings. The van der Waals surface area contributed by atoms with E-state index in [9.17, 15) is 4.79 Å². The van der Waals surface area contributed by atoms with Crippen molar-refractivity contribution < 1.29 is 4.74 Å². The van der Waals surface area contributed by atoms with Gasteiger partial charge in [0, 0.05) is 24.5 Å². The summed E-state index contributed by atoms with van der Waals surface area (Å²) in [7, 11) is 0. The van der Waals surface area contributed by atoms with E-state index in [0.29, 0.717) is 12.6 Å². The fourth-order valence-corrected chi connectivity index (χ4v) is 1.54. The summed E-state index contributed by atoms with van der Waals surface area (Å²) in [5.41, 5.74) is -0.163. The fourth-order valence-electron chi connectivity index (χ4n) is 1.54. The summed E-state index contributed by atoms with van der Waals surface area (Å²) in [6.07, 6.45) is 4.14. The second-order valence-corrected chi connectivity index (χ2v) is 4.85. The Morgan fingerprint density at radius 1 is 1.39 bits per heavy atom. The van der Waals surface area contributed by atoms with Crippen molar-refractivity contribution in [2.24, 2.45) is 0 Å². The zero-order valence-corrected chi connectivity index (χ0v) is 11.6. The van der Waals surface area contributed by atoms with Gasteiger partial charge in [-0.3, -0.25) is 4.79 Å². The molecule has 1 N–H and O–H groups in total. The molecular weight excluding hydrogens is 230 g/mol. The second-order valence-electron chi connectivity index (χ2n) is 4.85. The summed E-state index contributed by atoms with van der Waals surface area (Å²) in [5.74, 6) is 0.191. The maximum atomic E-state index is 11.9. The number of rotatable bonds is 7. The highest BCUT2D eigenvalue weighted by molar-refractivity contribution is 5.04. The van der Waals surface area contributed by atoms with Crippen LogP contribution in [0.2, 0.25) is 0 Å². The Labute approximate surface area is 108 Å². The van der Waals surface area contributed by atoms with Gasteiger partial charge in [-0.15, -0.1) is 0 Å². The van der Waals surface area contributed by atoms with Gasteiger partial charge in [0.15, 0.2) is 0 Å². The molecule has 1 aromatic heterocycles. The number of nitrogens with one attached hydrogen (secondary N) is 1. The predicted molar refractivity (Wildman–Crippen MR) is 72.1 cm³/mol. The van der Waals surface area contributed by atoms with Gasteiger partial charge in [0.1, 0.15) is 0 Å². The van der Waals surface area contributed by atoms with Crippen LogP contribution >= 0.6 is 0 Å². The number of ether oxygens (including phenoxy) is 1. The summed E-state index contributed by atoms with van der Waals surface area (Å²) >= 11 is 0. The van der Waals surface area contributed by atoms with E-state index in [-0.39, 0.29) is 17.5 Å². The molecule has 5 nitrogen and oxygen atoms in total. The first kappa shape index (κ1) is 14.7. The first-order valence-electron chi connectivity index (χ1n) is 6.45. The van der Waals surface area contributed by atoms with Crippen molar-refractivity contribution in [2.75, 3.05) is 13.2 Å². The highest BCUT2D eigenvalue weighted by atomic mass is 16.5. The van der Waals surface area contributed by atoms with E-state index in [2.05, 4.69) is 24.1 Å². The van der Waals surface area contributed by atoms with Gasteiger partial charge in [0.2, 0.25) is 0 Å². The van der Waals surface area contributed by atoms with Crippen LogP contribution in [-0.4, -0.2) is 28.7 Å². The summed E-state index contributed by atoms with van der Waals surface area (Å²) in [6.45, 7) is 9.49. The third-order valence-corrected chi connectivity index (χ3v) is 2.51. The molecule has 1 rings (SSSR count). The molecule has 0 saturated carbocycles. The Morgan fingerprint density at radius 3 is 2.72 bits per heavy atom. The highest BCUT2D eigenvalue weighted by Gasteiger charge is 2.07. The average Bonchev–Trinajstić information content (AvgIpc) is 2.30. The Balaban J connectivity index is 2.48. The van der Waals surface area contributed by atoms with Crippen molar-refractivity contribution in [3.05, 3.63) is 22.7 Å². The lowest BCUT2D eigenvalue weighted by molar-refractivity contribution is 0.286. The van der Waals surface area contributed by atoms with Crippen LogP contribution in [0.5, 0.6) is 5.88 Å². The predicted octanol–water partition coefficient (Wildman–Crippen LogP) is 1.59. The van der Waals surface area contributed by atoms with Gasteiger partial charge >= 0.3 is 5.56 Å². The number of hydrogen-bond donors (Lipinski definition) is 1. The van der Waals surface area contributed by atoms with Gasteiger partial charge < -0.3 is 14.6 Å². The normalized spacial score (nSPS) is 11.2. The molecule has 0 aliphatic rings. The average molecular weight is 253 g/mol. The van der Waals surface area contributed by atoms with Crippen molar-refractivity contribution in [2.45, 2.75) is 46.2 Å². The molecule has 0 bridgehead atoms. The fraction of sp³-hybridized carbons (Fsp3) is 0.692. The topological polar surface area (TPSA) is 56.1 Å². The van der Waals surface area contributed by atoms with Crippen LogP contribution in [0.4, 0.5) is 0 Å². The molecule has 0 spiro atoms. The van der Waals surface area contributed by atoms with Crippen molar-refractivity contribution in [1.29, 1.82) is 0 Å². The molecule has 102 valence electrons. The van der Waals surface area contributed by atoms with Crippen LogP contribution in [0, 0.1) is 0 Å².